The zero-order valence-corrected chi connectivity index (χ0v) is 16.3. The van der Waals surface area contributed by atoms with Crippen molar-refractivity contribution in [2.45, 2.75) is 25.7 Å². The van der Waals surface area contributed by atoms with Crippen LogP contribution in [0.5, 0.6) is 5.75 Å². The average Bonchev–Trinajstić information content (AvgIpc) is 2.56. The summed E-state index contributed by atoms with van der Waals surface area (Å²) in [4.78, 5) is 11.6. The van der Waals surface area contributed by atoms with E-state index in [-0.39, 0.29) is 23.6 Å². The van der Waals surface area contributed by atoms with Crippen molar-refractivity contribution in [3.8, 4) is 17.6 Å². The zero-order valence-electron chi connectivity index (χ0n) is 15.5. The summed E-state index contributed by atoms with van der Waals surface area (Å²) in [6.07, 6.45) is 0. The molecule has 0 unspecified atom stereocenters. The van der Waals surface area contributed by atoms with E-state index in [1.54, 1.807) is 38.1 Å². The van der Waals surface area contributed by atoms with Gasteiger partial charge in [-0.2, -0.15) is 4.72 Å². The normalized spacial score (nSPS) is 10.8. The molecule has 2 aromatic carbocycles. The maximum absolute atomic E-state index is 12.5. The number of hydrogen-bond acceptors (Lipinski definition) is 4. The van der Waals surface area contributed by atoms with Crippen molar-refractivity contribution in [2.24, 2.45) is 5.73 Å². The minimum Gasteiger partial charge on any atom is -0.480 e. The lowest BCUT2D eigenvalue weighted by Crippen LogP contribution is -2.25. The zero-order chi connectivity index (χ0) is 20.0. The Morgan fingerprint density at radius 3 is 2.37 bits per heavy atom. The summed E-state index contributed by atoms with van der Waals surface area (Å²) in [7, 11) is -3.65. The Balaban J connectivity index is 1.97. The van der Waals surface area contributed by atoms with Gasteiger partial charge in [-0.05, 0) is 44.0 Å². The number of ether oxygens (including phenoxy) is 1. The third kappa shape index (κ3) is 5.33. The number of carbonyl (C=O) groups excluding carboxylic acids is 1. The van der Waals surface area contributed by atoms with Crippen LogP contribution < -0.4 is 15.2 Å². The van der Waals surface area contributed by atoms with Gasteiger partial charge in [-0.1, -0.05) is 41.7 Å². The van der Waals surface area contributed by atoms with Crippen LogP contribution in [0.4, 0.5) is 0 Å². The second-order valence-corrected chi connectivity index (χ2v) is 7.76. The van der Waals surface area contributed by atoms with Crippen molar-refractivity contribution < 1.29 is 17.9 Å². The minimum atomic E-state index is -3.65. The van der Waals surface area contributed by atoms with Crippen LogP contribution in [0.15, 0.2) is 41.3 Å². The van der Waals surface area contributed by atoms with E-state index in [4.69, 9.17) is 10.5 Å². The van der Waals surface area contributed by atoms with Gasteiger partial charge in [0.1, 0.15) is 12.4 Å². The number of nitrogens with two attached hydrogens (primary N) is 1. The standard InChI is InChI=1S/C20H22N2O4S/c1-14-12-15(2)19(16(3)13-14)27(24,25)22-10-6-7-11-26-18-9-5-4-8-17(18)20(21)23/h4-5,8-9,12-13,22H,10-11H2,1-3H3,(H2,21,23). The number of rotatable bonds is 6. The number of benzene rings is 2. The summed E-state index contributed by atoms with van der Waals surface area (Å²) in [5, 5.41) is 0. The molecule has 0 saturated heterocycles. The molecule has 142 valence electrons. The molecule has 0 bridgehead atoms. The van der Waals surface area contributed by atoms with Crippen LogP contribution in [-0.2, 0) is 10.0 Å². The highest BCUT2D eigenvalue weighted by Gasteiger charge is 2.18. The van der Waals surface area contributed by atoms with E-state index in [2.05, 4.69) is 16.6 Å². The van der Waals surface area contributed by atoms with Gasteiger partial charge in [0.05, 0.1) is 17.0 Å². The molecule has 0 fully saturated rings. The molecule has 0 heterocycles. The monoisotopic (exact) mass is 386 g/mol. The number of primary amides is 1. The first-order valence-corrected chi connectivity index (χ1v) is 9.75. The van der Waals surface area contributed by atoms with Gasteiger partial charge in [-0.3, -0.25) is 4.79 Å². The number of amides is 1. The Labute approximate surface area is 159 Å². The lowest BCUT2D eigenvalue weighted by molar-refractivity contribution is 0.0997. The highest BCUT2D eigenvalue weighted by molar-refractivity contribution is 7.89. The Morgan fingerprint density at radius 1 is 1.11 bits per heavy atom. The third-order valence-electron chi connectivity index (χ3n) is 3.80. The molecule has 0 aromatic heterocycles. The smallest absolute Gasteiger partial charge is 0.252 e. The van der Waals surface area contributed by atoms with Gasteiger partial charge >= 0.3 is 0 Å². The molecule has 1 amide bonds. The molecule has 7 heteroatoms. The lowest BCUT2D eigenvalue weighted by Gasteiger charge is -2.11. The van der Waals surface area contributed by atoms with Crippen molar-refractivity contribution in [3.63, 3.8) is 0 Å². The third-order valence-corrected chi connectivity index (χ3v) is 5.51. The fourth-order valence-corrected chi connectivity index (χ4v) is 4.19. The Kier molecular flexibility index (Phi) is 6.61. The second-order valence-electron chi connectivity index (χ2n) is 6.06. The van der Waals surface area contributed by atoms with Gasteiger partial charge in [0.15, 0.2) is 0 Å². The number of aryl methyl sites for hydroxylation is 3. The number of nitrogens with one attached hydrogen (secondary N) is 1. The predicted octanol–water partition coefficient (Wildman–Crippen LogP) is 2.07. The van der Waals surface area contributed by atoms with Crippen molar-refractivity contribution >= 4 is 15.9 Å². The van der Waals surface area contributed by atoms with Crippen molar-refractivity contribution in [1.82, 2.24) is 4.72 Å². The van der Waals surface area contributed by atoms with E-state index in [1.165, 1.54) is 0 Å². The topological polar surface area (TPSA) is 98.5 Å². The maximum atomic E-state index is 12.5. The van der Waals surface area contributed by atoms with E-state index < -0.39 is 15.9 Å². The largest absolute Gasteiger partial charge is 0.480 e. The molecule has 0 aliphatic carbocycles. The quantitative estimate of drug-likeness (QED) is 0.743. The van der Waals surface area contributed by atoms with Crippen molar-refractivity contribution in [3.05, 3.63) is 58.7 Å². The molecule has 0 spiro atoms. The number of sulfonamides is 1. The molecule has 27 heavy (non-hydrogen) atoms. The SMILES string of the molecule is Cc1cc(C)c(S(=O)(=O)NCC#CCOc2ccccc2C(N)=O)c(C)c1. The first-order valence-electron chi connectivity index (χ1n) is 8.27. The molecule has 6 nitrogen and oxygen atoms in total. The van der Waals surface area contributed by atoms with E-state index >= 15 is 0 Å². The van der Waals surface area contributed by atoms with E-state index in [9.17, 15) is 13.2 Å². The Bertz CT molecular complexity index is 995. The second kappa shape index (κ2) is 8.71. The van der Waals surface area contributed by atoms with Crippen LogP contribution in [0.1, 0.15) is 27.0 Å². The van der Waals surface area contributed by atoms with Crippen LogP contribution in [0, 0.1) is 32.6 Å². The van der Waals surface area contributed by atoms with Gasteiger partial charge in [0.25, 0.3) is 5.91 Å². The molecule has 2 rings (SSSR count). The van der Waals surface area contributed by atoms with Gasteiger partial charge in [-0.25, -0.2) is 8.42 Å². The Hall–Kier alpha value is -2.82. The average molecular weight is 386 g/mol. The van der Waals surface area contributed by atoms with Crippen LogP contribution in [-0.4, -0.2) is 27.5 Å². The fraction of sp³-hybridized carbons (Fsp3) is 0.250. The van der Waals surface area contributed by atoms with Crippen LogP contribution in [0.3, 0.4) is 0 Å². The summed E-state index contributed by atoms with van der Waals surface area (Å²) in [6, 6.07) is 10.2. The van der Waals surface area contributed by atoms with Crippen LogP contribution >= 0.6 is 0 Å². The number of para-hydroxylation sites is 1. The summed E-state index contributed by atoms with van der Waals surface area (Å²) >= 11 is 0. The van der Waals surface area contributed by atoms with Crippen molar-refractivity contribution in [2.75, 3.05) is 13.2 Å². The van der Waals surface area contributed by atoms with Crippen molar-refractivity contribution in [1.29, 1.82) is 0 Å². The molecule has 0 aliphatic rings. The number of hydrogen-bond donors (Lipinski definition) is 2. The maximum Gasteiger partial charge on any atom is 0.252 e. The van der Waals surface area contributed by atoms with E-state index in [1.807, 2.05) is 19.1 Å². The molecule has 0 saturated carbocycles. The molecule has 0 atom stereocenters. The molecular weight excluding hydrogens is 364 g/mol. The van der Waals surface area contributed by atoms with Gasteiger partial charge in [-0.15, -0.1) is 0 Å². The van der Waals surface area contributed by atoms with Gasteiger partial charge in [0, 0.05) is 0 Å². The van der Waals surface area contributed by atoms with Crippen LogP contribution in [0.25, 0.3) is 0 Å². The van der Waals surface area contributed by atoms with Crippen LogP contribution in [0.2, 0.25) is 0 Å². The summed E-state index contributed by atoms with van der Waals surface area (Å²) in [5.74, 6) is 5.16. The first kappa shape index (κ1) is 20.5. The molecule has 2 aromatic rings. The summed E-state index contributed by atoms with van der Waals surface area (Å²) in [6.45, 7) is 5.42. The molecule has 0 radical (unpaired) electrons. The van der Waals surface area contributed by atoms with E-state index in [0.717, 1.165) is 5.56 Å². The number of carbonyl (C=O) groups is 1. The van der Waals surface area contributed by atoms with Gasteiger partial charge in [0.2, 0.25) is 10.0 Å². The highest BCUT2D eigenvalue weighted by atomic mass is 32.2. The molecular formula is C20H22N2O4S. The first-order chi connectivity index (χ1) is 12.7. The van der Waals surface area contributed by atoms with Gasteiger partial charge < -0.3 is 10.5 Å². The highest BCUT2D eigenvalue weighted by Crippen LogP contribution is 2.21. The minimum absolute atomic E-state index is 0.00854. The summed E-state index contributed by atoms with van der Waals surface area (Å²) in [5.41, 5.74) is 7.94. The predicted molar refractivity (Wildman–Crippen MR) is 104 cm³/mol. The lowest BCUT2D eigenvalue weighted by atomic mass is 10.1. The molecule has 3 N–H and O–H groups in total. The molecule has 0 aliphatic heterocycles. The van der Waals surface area contributed by atoms with E-state index in [0.29, 0.717) is 16.9 Å². The summed E-state index contributed by atoms with van der Waals surface area (Å²) < 4.78 is 32.9. The fourth-order valence-electron chi connectivity index (χ4n) is 2.82. The Morgan fingerprint density at radius 2 is 1.74 bits per heavy atom.